The molecule has 0 aromatic carbocycles. The highest BCUT2D eigenvalue weighted by Crippen LogP contribution is 2.18. The molecule has 1 fully saturated rings. The molecule has 2 aromatic heterocycles. The molecule has 2 N–H and O–H groups in total. The van der Waals surface area contributed by atoms with Crippen molar-refractivity contribution < 1.29 is 4.52 Å². The van der Waals surface area contributed by atoms with Gasteiger partial charge in [0.25, 0.3) is 5.56 Å². The molecule has 3 heterocycles. The first kappa shape index (κ1) is 19.0. The number of piperidine rings is 1. The van der Waals surface area contributed by atoms with Gasteiger partial charge < -0.3 is 15.2 Å². The van der Waals surface area contributed by atoms with Crippen molar-refractivity contribution in [3.05, 3.63) is 43.9 Å². The quantitative estimate of drug-likeness (QED) is 0.791. The molecule has 1 atom stereocenters. The minimum atomic E-state index is -0.389. The van der Waals surface area contributed by atoms with Crippen molar-refractivity contribution >= 4 is 5.82 Å². The largest absolute Gasteiger partial charge is 0.361 e. The average Bonchev–Trinajstić information content (AvgIpc) is 2.95. The van der Waals surface area contributed by atoms with Crippen molar-refractivity contribution in [3.63, 3.8) is 0 Å². The lowest BCUT2D eigenvalue weighted by Gasteiger charge is -2.33. The molecule has 144 valence electrons. The molecular weight excluding hydrogens is 346 g/mol. The van der Waals surface area contributed by atoms with Crippen LogP contribution >= 0.6 is 0 Å². The van der Waals surface area contributed by atoms with Gasteiger partial charge in [0.2, 0.25) is 0 Å². The Bertz CT molecular complexity index is 986. The summed E-state index contributed by atoms with van der Waals surface area (Å²) in [5.41, 5.74) is 6.76. The standard InChI is InChI=1S/C19H25N5O3/c1-4-5-9-23-17(22-8-6-7-15(20)11-22)10-18(25)24(19(23)26)12-16-13(2)21-27-14(16)3/h10,15H,6-9,11-12,20H2,1-3H3/t15-/m1/s1. The molecule has 8 nitrogen and oxygen atoms in total. The van der Waals surface area contributed by atoms with E-state index in [1.807, 2.05) is 4.90 Å². The van der Waals surface area contributed by atoms with Gasteiger partial charge >= 0.3 is 5.69 Å². The van der Waals surface area contributed by atoms with Gasteiger partial charge in [0, 0.05) is 30.8 Å². The number of hydrogen-bond donors (Lipinski definition) is 1. The van der Waals surface area contributed by atoms with E-state index in [4.69, 9.17) is 10.3 Å². The van der Waals surface area contributed by atoms with E-state index in [1.165, 1.54) is 10.6 Å². The predicted octanol–water partition coefficient (Wildman–Crippen LogP) is 0.614. The summed E-state index contributed by atoms with van der Waals surface area (Å²) in [6.45, 7) is 7.01. The van der Waals surface area contributed by atoms with E-state index in [9.17, 15) is 9.59 Å². The second kappa shape index (κ2) is 7.84. The number of aromatic nitrogens is 3. The van der Waals surface area contributed by atoms with Crippen LogP contribution < -0.4 is 21.9 Å². The van der Waals surface area contributed by atoms with E-state index in [0.717, 1.165) is 24.9 Å². The van der Waals surface area contributed by atoms with Crippen molar-refractivity contribution in [2.75, 3.05) is 18.0 Å². The number of nitrogens with two attached hydrogens (primary N) is 1. The van der Waals surface area contributed by atoms with E-state index >= 15 is 0 Å². The first-order valence-electron chi connectivity index (χ1n) is 9.09. The predicted molar refractivity (Wildman–Crippen MR) is 103 cm³/mol. The SMILES string of the molecule is CC#CCn1c(N2CCC[C@@H](N)C2)cc(=O)n(Cc2c(C)noc2C)c1=O. The second-order valence-corrected chi connectivity index (χ2v) is 6.87. The lowest BCUT2D eigenvalue weighted by atomic mass is 10.1. The fourth-order valence-corrected chi connectivity index (χ4v) is 3.42. The molecule has 0 radical (unpaired) electrons. The summed E-state index contributed by atoms with van der Waals surface area (Å²) in [6, 6.07) is 1.54. The third-order valence-corrected chi connectivity index (χ3v) is 4.95. The smallest absolute Gasteiger partial charge is 0.333 e. The number of anilines is 1. The maximum Gasteiger partial charge on any atom is 0.333 e. The van der Waals surface area contributed by atoms with Crippen LogP contribution in [0.15, 0.2) is 20.2 Å². The average molecular weight is 371 g/mol. The zero-order valence-electron chi connectivity index (χ0n) is 16.0. The van der Waals surface area contributed by atoms with Crippen LogP contribution in [0.3, 0.4) is 0 Å². The van der Waals surface area contributed by atoms with E-state index in [-0.39, 0.29) is 30.4 Å². The van der Waals surface area contributed by atoms with E-state index < -0.39 is 0 Å². The Labute approximate surface area is 157 Å². The minimum Gasteiger partial charge on any atom is -0.361 e. The van der Waals surface area contributed by atoms with Gasteiger partial charge in [-0.15, -0.1) is 5.92 Å². The molecule has 1 aliphatic heterocycles. The van der Waals surface area contributed by atoms with Crippen LogP contribution in [-0.2, 0) is 13.1 Å². The van der Waals surface area contributed by atoms with Gasteiger partial charge in [-0.1, -0.05) is 11.1 Å². The number of hydrogen-bond acceptors (Lipinski definition) is 6. The number of aryl methyl sites for hydroxylation is 2. The highest BCUT2D eigenvalue weighted by atomic mass is 16.5. The lowest BCUT2D eigenvalue weighted by Crippen LogP contribution is -2.48. The molecule has 3 rings (SSSR count). The Morgan fingerprint density at radius 3 is 2.74 bits per heavy atom. The van der Waals surface area contributed by atoms with Gasteiger partial charge in [0.1, 0.15) is 11.6 Å². The van der Waals surface area contributed by atoms with Crippen LogP contribution in [0.4, 0.5) is 5.82 Å². The van der Waals surface area contributed by atoms with Crippen molar-refractivity contribution in [3.8, 4) is 11.8 Å². The molecule has 0 spiro atoms. The fraction of sp³-hybridized carbons (Fsp3) is 0.526. The van der Waals surface area contributed by atoms with Gasteiger partial charge in [0.15, 0.2) is 0 Å². The highest BCUT2D eigenvalue weighted by molar-refractivity contribution is 5.40. The van der Waals surface area contributed by atoms with Crippen LogP contribution in [0.1, 0.15) is 36.8 Å². The Hall–Kier alpha value is -2.79. The van der Waals surface area contributed by atoms with Gasteiger partial charge in [-0.3, -0.25) is 13.9 Å². The molecular formula is C19H25N5O3. The van der Waals surface area contributed by atoms with E-state index in [2.05, 4.69) is 17.0 Å². The summed E-state index contributed by atoms with van der Waals surface area (Å²) in [5, 5.41) is 3.90. The summed E-state index contributed by atoms with van der Waals surface area (Å²) in [6.07, 6.45) is 1.87. The molecule has 0 amide bonds. The van der Waals surface area contributed by atoms with Gasteiger partial charge in [-0.2, -0.15) is 0 Å². The lowest BCUT2D eigenvalue weighted by molar-refractivity contribution is 0.391. The summed E-state index contributed by atoms with van der Waals surface area (Å²) in [4.78, 5) is 27.9. The minimum absolute atomic E-state index is 0.0318. The fourth-order valence-electron chi connectivity index (χ4n) is 3.42. The van der Waals surface area contributed by atoms with Crippen LogP contribution in [0.25, 0.3) is 0 Å². The zero-order chi connectivity index (χ0) is 19.6. The van der Waals surface area contributed by atoms with Crippen molar-refractivity contribution in [2.24, 2.45) is 5.73 Å². The summed E-state index contributed by atoms with van der Waals surface area (Å²) < 4.78 is 7.91. The third-order valence-electron chi connectivity index (χ3n) is 4.95. The topological polar surface area (TPSA) is 99.3 Å². The Balaban J connectivity index is 2.09. The molecule has 8 heteroatoms. The first-order chi connectivity index (χ1) is 12.9. The molecule has 0 aliphatic carbocycles. The third kappa shape index (κ3) is 3.83. The summed E-state index contributed by atoms with van der Waals surface area (Å²) in [7, 11) is 0. The second-order valence-electron chi connectivity index (χ2n) is 6.87. The first-order valence-corrected chi connectivity index (χ1v) is 9.09. The number of nitrogens with zero attached hydrogens (tertiary/aromatic N) is 4. The molecule has 0 bridgehead atoms. The van der Waals surface area contributed by atoms with Gasteiger partial charge in [-0.05, 0) is 33.6 Å². The van der Waals surface area contributed by atoms with Crippen LogP contribution in [0.2, 0.25) is 0 Å². The maximum atomic E-state index is 13.1. The Morgan fingerprint density at radius 1 is 1.33 bits per heavy atom. The van der Waals surface area contributed by atoms with Crippen molar-refractivity contribution in [2.45, 2.75) is 52.7 Å². The maximum absolute atomic E-state index is 13.1. The van der Waals surface area contributed by atoms with Crippen LogP contribution in [0, 0.1) is 25.7 Å². The Morgan fingerprint density at radius 2 is 2.11 bits per heavy atom. The Kier molecular flexibility index (Phi) is 5.51. The molecule has 2 aromatic rings. The van der Waals surface area contributed by atoms with E-state index in [1.54, 1.807) is 25.3 Å². The molecule has 0 unspecified atom stereocenters. The summed E-state index contributed by atoms with van der Waals surface area (Å²) in [5.74, 6) is 6.93. The monoisotopic (exact) mass is 371 g/mol. The normalized spacial score (nSPS) is 16.9. The van der Waals surface area contributed by atoms with Gasteiger partial charge in [0.05, 0.1) is 18.8 Å². The highest BCUT2D eigenvalue weighted by Gasteiger charge is 2.22. The molecule has 1 saturated heterocycles. The zero-order valence-corrected chi connectivity index (χ0v) is 16.0. The van der Waals surface area contributed by atoms with Crippen LogP contribution in [-0.4, -0.2) is 33.4 Å². The van der Waals surface area contributed by atoms with Crippen molar-refractivity contribution in [1.82, 2.24) is 14.3 Å². The van der Waals surface area contributed by atoms with Crippen LogP contribution in [0.5, 0.6) is 0 Å². The van der Waals surface area contributed by atoms with E-state index in [0.29, 0.717) is 23.8 Å². The summed E-state index contributed by atoms with van der Waals surface area (Å²) >= 11 is 0. The van der Waals surface area contributed by atoms with Gasteiger partial charge in [-0.25, -0.2) is 4.79 Å². The molecule has 1 aliphatic rings. The number of rotatable bonds is 4. The molecule has 27 heavy (non-hydrogen) atoms. The van der Waals surface area contributed by atoms with Crippen molar-refractivity contribution in [1.29, 1.82) is 0 Å². The molecule has 0 saturated carbocycles.